The maximum Gasteiger partial charge on any atom is 0.340 e. The molecule has 0 saturated heterocycles. The highest BCUT2D eigenvalue weighted by Crippen LogP contribution is 2.13. The average Bonchev–Trinajstić information content (AvgIpc) is 2.32. The van der Waals surface area contributed by atoms with Gasteiger partial charge in [0, 0.05) is 12.7 Å². The van der Waals surface area contributed by atoms with E-state index in [9.17, 15) is 4.79 Å². The predicted molar refractivity (Wildman–Crippen MR) is 47.2 cm³/mol. The highest BCUT2D eigenvalue weighted by Gasteiger charge is 2.11. The van der Waals surface area contributed by atoms with Crippen LogP contribution in [0.1, 0.15) is 23.7 Å². The third-order valence-electron chi connectivity index (χ3n) is 1.40. The number of carboxylic acid groups (broad SMARTS) is 1. The van der Waals surface area contributed by atoms with E-state index in [2.05, 4.69) is 21.0 Å². The number of carbonyl (C=O) groups is 1. The maximum atomic E-state index is 10.6. The SMILES string of the molecule is CCCn1cc(C(=O)O)c(Br)n1. The van der Waals surface area contributed by atoms with Crippen LogP contribution in [0.5, 0.6) is 0 Å². The van der Waals surface area contributed by atoms with Crippen molar-refractivity contribution in [3.8, 4) is 0 Å². The fourth-order valence-corrected chi connectivity index (χ4v) is 1.36. The first-order chi connectivity index (χ1) is 5.65. The number of aromatic nitrogens is 2. The predicted octanol–water partition coefficient (Wildman–Crippen LogP) is 1.75. The molecule has 4 nitrogen and oxygen atoms in total. The molecule has 0 amide bonds. The first-order valence-electron chi connectivity index (χ1n) is 3.61. The number of hydrogen-bond donors (Lipinski definition) is 1. The molecule has 1 aromatic heterocycles. The minimum absolute atomic E-state index is 0.212. The highest BCUT2D eigenvalue weighted by atomic mass is 79.9. The summed E-state index contributed by atoms with van der Waals surface area (Å²) in [6.07, 6.45) is 2.46. The van der Waals surface area contributed by atoms with E-state index in [1.807, 2.05) is 6.92 Å². The Morgan fingerprint density at radius 2 is 2.50 bits per heavy atom. The molecule has 1 N–H and O–H groups in total. The van der Waals surface area contributed by atoms with E-state index in [0.717, 1.165) is 13.0 Å². The Kier molecular flexibility index (Phi) is 2.86. The van der Waals surface area contributed by atoms with Gasteiger partial charge in [-0.25, -0.2) is 4.79 Å². The summed E-state index contributed by atoms with van der Waals surface area (Å²) < 4.78 is 2.01. The van der Waals surface area contributed by atoms with Gasteiger partial charge in [0.2, 0.25) is 0 Å². The monoisotopic (exact) mass is 232 g/mol. The molecule has 0 radical (unpaired) electrons. The van der Waals surface area contributed by atoms with Crippen LogP contribution < -0.4 is 0 Å². The second-order valence-electron chi connectivity index (χ2n) is 2.40. The van der Waals surface area contributed by atoms with Crippen molar-refractivity contribution in [3.05, 3.63) is 16.4 Å². The van der Waals surface area contributed by atoms with Gasteiger partial charge < -0.3 is 5.11 Å². The third-order valence-corrected chi connectivity index (χ3v) is 1.99. The normalized spacial score (nSPS) is 10.2. The van der Waals surface area contributed by atoms with Crippen molar-refractivity contribution < 1.29 is 9.90 Å². The molecule has 1 rings (SSSR count). The third kappa shape index (κ3) is 1.85. The van der Waals surface area contributed by atoms with E-state index in [1.54, 1.807) is 4.68 Å². The highest BCUT2D eigenvalue weighted by molar-refractivity contribution is 9.10. The van der Waals surface area contributed by atoms with Crippen LogP contribution in [0.15, 0.2) is 10.8 Å². The smallest absolute Gasteiger partial charge is 0.340 e. The number of rotatable bonds is 3. The minimum Gasteiger partial charge on any atom is -0.478 e. The van der Waals surface area contributed by atoms with Crippen molar-refractivity contribution in [2.75, 3.05) is 0 Å². The number of carboxylic acids is 1. The second-order valence-corrected chi connectivity index (χ2v) is 3.15. The first kappa shape index (κ1) is 9.25. The van der Waals surface area contributed by atoms with Gasteiger partial charge in [-0.1, -0.05) is 6.92 Å². The molecule has 12 heavy (non-hydrogen) atoms. The summed E-state index contributed by atoms with van der Waals surface area (Å²) in [6, 6.07) is 0. The van der Waals surface area contributed by atoms with E-state index >= 15 is 0 Å². The minimum atomic E-state index is -0.954. The summed E-state index contributed by atoms with van der Waals surface area (Å²) in [5.74, 6) is -0.954. The van der Waals surface area contributed by atoms with Crippen LogP contribution in [0.25, 0.3) is 0 Å². The molecule has 0 atom stereocenters. The molecule has 0 spiro atoms. The lowest BCUT2D eigenvalue weighted by Gasteiger charge is -1.93. The zero-order valence-electron chi connectivity index (χ0n) is 6.62. The van der Waals surface area contributed by atoms with E-state index in [-0.39, 0.29) is 5.56 Å². The van der Waals surface area contributed by atoms with Gasteiger partial charge >= 0.3 is 5.97 Å². The van der Waals surface area contributed by atoms with E-state index in [1.165, 1.54) is 6.20 Å². The van der Waals surface area contributed by atoms with Crippen LogP contribution in [-0.4, -0.2) is 20.9 Å². The van der Waals surface area contributed by atoms with Gasteiger partial charge in [0.1, 0.15) is 10.2 Å². The van der Waals surface area contributed by atoms with E-state index in [0.29, 0.717) is 4.60 Å². The van der Waals surface area contributed by atoms with Gasteiger partial charge in [-0.3, -0.25) is 4.68 Å². The van der Waals surface area contributed by atoms with Crippen LogP contribution >= 0.6 is 15.9 Å². The first-order valence-corrected chi connectivity index (χ1v) is 4.40. The summed E-state index contributed by atoms with van der Waals surface area (Å²) in [5, 5.41) is 12.6. The van der Waals surface area contributed by atoms with E-state index < -0.39 is 5.97 Å². The van der Waals surface area contributed by atoms with Crippen LogP contribution in [-0.2, 0) is 6.54 Å². The van der Waals surface area contributed by atoms with Crippen LogP contribution in [0.2, 0.25) is 0 Å². The lowest BCUT2D eigenvalue weighted by molar-refractivity contribution is 0.0696. The number of nitrogens with zero attached hydrogens (tertiary/aromatic N) is 2. The van der Waals surface area contributed by atoms with Gasteiger partial charge in [-0.05, 0) is 22.4 Å². The number of aryl methyl sites for hydroxylation is 1. The number of halogens is 1. The van der Waals surface area contributed by atoms with Gasteiger partial charge in [-0.2, -0.15) is 5.10 Å². The van der Waals surface area contributed by atoms with Crippen LogP contribution in [0.4, 0.5) is 0 Å². The van der Waals surface area contributed by atoms with Crippen molar-refractivity contribution in [3.63, 3.8) is 0 Å². The molecule has 0 bridgehead atoms. The molecule has 66 valence electrons. The second kappa shape index (κ2) is 3.71. The molecule has 0 unspecified atom stereocenters. The fourth-order valence-electron chi connectivity index (χ4n) is 0.885. The van der Waals surface area contributed by atoms with Gasteiger partial charge in [0.05, 0.1) is 0 Å². The average molecular weight is 233 g/mol. The van der Waals surface area contributed by atoms with Gasteiger partial charge in [-0.15, -0.1) is 0 Å². The summed E-state index contributed by atoms with van der Waals surface area (Å²) in [7, 11) is 0. The molecular formula is C7H9BrN2O2. The molecule has 5 heteroatoms. The Morgan fingerprint density at radius 1 is 1.83 bits per heavy atom. The quantitative estimate of drug-likeness (QED) is 0.865. The number of aromatic carboxylic acids is 1. The fraction of sp³-hybridized carbons (Fsp3) is 0.429. The maximum absolute atomic E-state index is 10.6. The van der Waals surface area contributed by atoms with Crippen molar-refractivity contribution in [1.82, 2.24) is 9.78 Å². The lowest BCUT2D eigenvalue weighted by Crippen LogP contribution is -1.97. The van der Waals surface area contributed by atoms with Crippen molar-refractivity contribution in [2.45, 2.75) is 19.9 Å². The molecule has 0 fully saturated rings. The topological polar surface area (TPSA) is 55.1 Å². The van der Waals surface area contributed by atoms with Crippen molar-refractivity contribution in [2.24, 2.45) is 0 Å². The molecule has 0 saturated carbocycles. The Morgan fingerprint density at radius 3 is 2.92 bits per heavy atom. The molecule has 0 aliphatic rings. The summed E-state index contributed by atoms with van der Waals surface area (Å²) in [5.41, 5.74) is 0.212. The Balaban J connectivity index is 2.92. The summed E-state index contributed by atoms with van der Waals surface area (Å²) >= 11 is 3.07. The molecule has 1 heterocycles. The summed E-state index contributed by atoms with van der Waals surface area (Å²) in [6.45, 7) is 2.75. The Bertz CT molecular complexity index is 296. The van der Waals surface area contributed by atoms with Crippen LogP contribution in [0, 0.1) is 0 Å². The van der Waals surface area contributed by atoms with Gasteiger partial charge in [0.25, 0.3) is 0 Å². The van der Waals surface area contributed by atoms with E-state index in [4.69, 9.17) is 5.11 Å². The molecule has 0 aliphatic heterocycles. The largest absolute Gasteiger partial charge is 0.478 e. The summed E-state index contributed by atoms with van der Waals surface area (Å²) in [4.78, 5) is 10.6. The zero-order chi connectivity index (χ0) is 9.14. The lowest BCUT2D eigenvalue weighted by atomic mass is 10.4. The van der Waals surface area contributed by atoms with Gasteiger partial charge in [0.15, 0.2) is 0 Å². The standard InChI is InChI=1S/C7H9BrN2O2/c1-2-3-10-4-5(7(11)12)6(8)9-10/h4H,2-3H2,1H3,(H,11,12). The van der Waals surface area contributed by atoms with Crippen LogP contribution in [0.3, 0.4) is 0 Å². The Labute approximate surface area is 78.3 Å². The number of hydrogen-bond acceptors (Lipinski definition) is 2. The van der Waals surface area contributed by atoms with Crippen molar-refractivity contribution >= 4 is 21.9 Å². The molecule has 0 aromatic carbocycles. The molecule has 1 aromatic rings. The van der Waals surface area contributed by atoms with Crippen molar-refractivity contribution in [1.29, 1.82) is 0 Å². The zero-order valence-corrected chi connectivity index (χ0v) is 8.21. The Hall–Kier alpha value is -0.840. The molecule has 0 aliphatic carbocycles. The molecular weight excluding hydrogens is 224 g/mol.